The number of amides is 2. The highest BCUT2D eigenvalue weighted by Gasteiger charge is 2.28. The highest BCUT2D eigenvalue weighted by Crippen LogP contribution is 2.20. The maximum Gasteiger partial charge on any atom is 0.326 e. The summed E-state index contributed by atoms with van der Waals surface area (Å²) in [5.41, 5.74) is 0.938. The van der Waals surface area contributed by atoms with Gasteiger partial charge in [0.1, 0.15) is 12.3 Å². The van der Waals surface area contributed by atoms with Gasteiger partial charge in [-0.3, -0.25) is 14.4 Å². The van der Waals surface area contributed by atoms with E-state index in [1.807, 2.05) is 19.9 Å². The number of carbonyl (C=O) groups is 3. The highest BCUT2D eigenvalue weighted by molar-refractivity contribution is 5.96. The molecule has 0 aliphatic rings. The Kier molecular flexibility index (Phi) is 8.21. The first-order chi connectivity index (χ1) is 14.0. The van der Waals surface area contributed by atoms with E-state index in [1.165, 1.54) is 7.11 Å². The number of nitrogens with one attached hydrogen (secondary N) is 1. The summed E-state index contributed by atoms with van der Waals surface area (Å²) in [4.78, 5) is 39.0. The fourth-order valence-electron chi connectivity index (χ4n) is 2.78. The standard InChI is InChI=1S/C22H26N2O5/c1-4-24(5-2)22(27)20(16-10-7-6-8-11-16)29-19(25)15-23-21(26)17-12-9-13-18(14-17)28-3/h6-14,20H,4-5,15H2,1-3H3,(H,23,26)/t20-/m0/s1. The van der Waals surface area contributed by atoms with Gasteiger partial charge in [0, 0.05) is 24.2 Å². The molecule has 0 fully saturated rings. The van der Waals surface area contributed by atoms with Gasteiger partial charge in [0.25, 0.3) is 11.8 Å². The van der Waals surface area contributed by atoms with Crippen molar-refractivity contribution in [1.29, 1.82) is 0 Å². The lowest BCUT2D eigenvalue weighted by molar-refractivity contribution is -0.160. The molecule has 2 rings (SSSR count). The smallest absolute Gasteiger partial charge is 0.326 e. The van der Waals surface area contributed by atoms with E-state index in [2.05, 4.69) is 5.32 Å². The van der Waals surface area contributed by atoms with Crippen LogP contribution in [0, 0.1) is 0 Å². The zero-order valence-electron chi connectivity index (χ0n) is 16.9. The number of hydrogen-bond acceptors (Lipinski definition) is 5. The highest BCUT2D eigenvalue weighted by atomic mass is 16.5. The Labute approximate surface area is 170 Å². The molecule has 2 aromatic carbocycles. The van der Waals surface area contributed by atoms with Crippen LogP contribution in [0.15, 0.2) is 54.6 Å². The maximum atomic E-state index is 12.8. The van der Waals surface area contributed by atoms with E-state index in [9.17, 15) is 14.4 Å². The lowest BCUT2D eigenvalue weighted by atomic mass is 10.1. The molecule has 0 aromatic heterocycles. The normalized spacial score (nSPS) is 11.3. The van der Waals surface area contributed by atoms with Crippen molar-refractivity contribution in [2.24, 2.45) is 0 Å². The Morgan fingerprint density at radius 1 is 1.00 bits per heavy atom. The van der Waals surface area contributed by atoms with E-state index in [4.69, 9.17) is 9.47 Å². The summed E-state index contributed by atoms with van der Waals surface area (Å²) in [5.74, 6) is -0.898. The minimum atomic E-state index is -1.06. The van der Waals surface area contributed by atoms with Gasteiger partial charge in [0.15, 0.2) is 0 Å². The first kappa shape index (κ1) is 21.9. The van der Waals surface area contributed by atoms with E-state index < -0.39 is 18.0 Å². The average molecular weight is 398 g/mol. The van der Waals surface area contributed by atoms with E-state index in [-0.39, 0.29) is 12.5 Å². The second-order valence-electron chi connectivity index (χ2n) is 6.21. The molecule has 2 aromatic rings. The van der Waals surface area contributed by atoms with Crippen LogP contribution in [-0.2, 0) is 14.3 Å². The number of benzene rings is 2. The van der Waals surface area contributed by atoms with Crippen molar-refractivity contribution in [3.63, 3.8) is 0 Å². The van der Waals surface area contributed by atoms with Gasteiger partial charge >= 0.3 is 5.97 Å². The summed E-state index contributed by atoms with van der Waals surface area (Å²) >= 11 is 0. The van der Waals surface area contributed by atoms with Crippen LogP contribution in [0.5, 0.6) is 5.75 Å². The molecule has 0 aliphatic carbocycles. The minimum absolute atomic E-state index is 0.298. The van der Waals surface area contributed by atoms with Crippen molar-refractivity contribution in [3.8, 4) is 5.75 Å². The molecule has 0 aliphatic heterocycles. The largest absolute Gasteiger partial charge is 0.497 e. The summed E-state index contributed by atoms with van der Waals surface area (Å²) in [6.45, 7) is 4.37. The van der Waals surface area contributed by atoms with Gasteiger partial charge in [0.05, 0.1) is 7.11 Å². The van der Waals surface area contributed by atoms with Gasteiger partial charge in [-0.25, -0.2) is 0 Å². The van der Waals surface area contributed by atoms with Crippen LogP contribution >= 0.6 is 0 Å². The molecule has 29 heavy (non-hydrogen) atoms. The van der Waals surface area contributed by atoms with E-state index in [0.29, 0.717) is 30.0 Å². The number of nitrogens with zero attached hydrogens (tertiary/aromatic N) is 1. The van der Waals surface area contributed by atoms with E-state index in [0.717, 1.165) is 0 Å². The molecule has 2 amide bonds. The molecular formula is C22H26N2O5. The second kappa shape index (κ2) is 10.8. The first-order valence-electron chi connectivity index (χ1n) is 9.45. The number of ether oxygens (including phenoxy) is 2. The third-order valence-corrected chi connectivity index (χ3v) is 4.38. The van der Waals surface area contributed by atoms with Gasteiger partial charge in [-0.15, -0.1) is 0 Å². The van der Waals surface area contributed by atoms with Crippen molar-refractivity contribution in [2.45, 2.75) is 20.0 Å². The van der Waals surface area contributed by atoms with Gasteiger partial charge < -0.3 is 19.7 Å². The molecular weight excluding hydrogens is 372 g/mol. The zero-order chi connectivity index (χ0) is 21.2. The third kappa shape index (κ3) is 6.07. The molecule has 1 atom stereocenters. The molecule has 1 N–H and O–H groups in total. The van der Waals surface area contributed by atoms with Gasteiger partial charge in [-0.05, 0) is 32.0 Å². The SMILES string of the molecule is CCN(CC)C(=O)[C@@H](OC(=O)CNC(=O)c1cccc(OC)c1)c1ccccc1. The molecule has 0 bridgehead atoms. The minimum Gasteiger partial charge on any atom is -0.497 e. The number of esters is 1. The van der Waals surface area contributed by atoms with Crippen LogP contribution in [0.25, 0.3) is 0 Å². The van der Waals surface area contributed by atoms with Crippen LogP contribution in [0.2, 0.25) is 0 Å². The maximum absolute atomic E-state index is 12.8. The topological polar surface area (TPSA) is 84.9 Å². The number of methoxy groups -OCH3 is 1. The molecule has 7 heteroatoms. The van der Waals surface area contributed by atoms with Crippen molar-refractivity contribution in [3.05, 3.63) is 65.7 Å². The zero-order valence-corrected chi connectivity index (χ0v) is 16.9. The predicted octanol–water partition coefficient (Wildman–Crippen LogP) is 2.58. The monoisotopic (exact) mass is 398 g/mol. The Bertz CT molecular complexity index is 834. The number of hydrogen-bond donors (Lipinski definition) is 1. The molecule has 0 spiro atoms. The van der Waals surface area contributed by atoms with Crippen molar-refractivity contribution >= 4 is 17.8 Å². The lowest BCUT2D eigenvalue weighted by Crippen LogP contribution is -2.38. The predicted molar refractivity (Wildman–Crippen MR) is 109 cm³/mol. The number of likely N-dealkylation sites (N-methyl/N-ethyl adjacent to an activating group) is 1. The van der Waals surface area contributed by atoms with Gasteiger partial charge in [-0.2, -0.15) is 0 Å². The Morgan fingerprint density at radius 2 is 1.69 bits per heavy atom. The number of rotatable bonds is 9. The summed E-state index contributed by atoms with van der Waals surface area (Å²) in [6.07, 6.45) is -1.06. The van der Waals surface area contributed by atoms with E-state index >= 15 is 0 Å². The van der Waals surface area contributed by atoms with Gasteiger partial charge in [-0.1, -0.05) is 36.4 Å². The van der Waals surface area contributed by atoms with Crippen LogP contribution in [0.1, 0.15) is 35.9 Å². The molecule has 0 unspecified atom stereocenters. The van der Waals surface area contributed by atoms with Crippen molar-refractivity contribution in [1.82, 2.24) is 10.2 Å². The fourth-order valence-corrected chi connectivity index (χ4v) is 2.78. The second-order valence-corrected chi connectivity index (χ2v) is 6.21. The van der Waals surface area contributed by atoms with Crippen LogP contribution < -0.4 is 10.1 Å². The summed E-state index contributed by atoms with van der Waals surface area (Å²) < 4.78 is 10.5. The Hall–Kier alpha value is -3.35. The Balaban J connectivity index is 2.05. The molecule has 0 saturated heterocycles. The van der Waals surface area contributed by atoms with Gasteiger partial charge in [0.2, 0.25) is 6.10 Å². The van der Waals surface area contributed by atoms with E-state index in [1.54, 1.807) is 53.4 Å². The van der Waals surface area contributed by atoms with Crippen LogP contribution in [-0.4, -0.2) is 49.4 Å². The summed E-state index contributed by atoms with van der Waals surface area (Å²) in [5, 5.41) is 2.51. The molecule has 0 saturated carbocycles. The van der Waals surface area contributed by atoms with Crippen LogP contribution in [0.3, 0.4) is 0 Å². The third-order valence-electron chi connectivity index (χ3n) is 4.38. The number of carbonyl (C=O) groups excluding carboxylic acids is 3. The average Bonchev–Trinajstić information content (AvgIpc) is 2.77. The molecule has 0 radical (unpaired) electrons. The quantitative estimate of drug-likeness (QED) is 0.657. The van der Waals surface area contributed by atoms with Crippen molar-refractivity contribution < 1.29 is 23.9 Å². The summed E-state index contributed by atoms with van der Waals surface area (Å²) in [6, 6.07) is 15.4. The molecule has 7 nitrogen and oxygen atoms in total. The first-order valence-corrected chi connectivity index (χ1v) is 9.45. The summed E-state index contributed by atoms with van der Waals surface area (Å²) in [7, 11) is 1.50. The molecule has 154 valence electrons. The van der Waals surface area contributed by atoms with Crippen LogP contribution in [0.4, 0.5) is 0 Å². The Morgan fingerprint density at radius 3 is 2.31 bits per heavy atom. The van der Waals surface area contributed by atoms with Crippen molar-refractivity contribution in [2.75, 3.05) is 26.7 Å². The lowest BCUT2D eigenvalue weighted by Gasteiger charge is -2.25. The fraction of sp³-hybridized carbons (Fsp3) is 0.318. The molecule has 0 heterocycles.